The van der Waals surface area contributed by atoms with Gasteiger partial charge < -0.3 is 0 Å². The van der Waals surface area contributed by atoms with Crippen LogP contribution in [0.15, 0.2) is 42.5 Å². The van der Waals surface area contributed by atoms with Crippen LogP contribution in [-0.4, -0.2) is 6.04 Å². The van der Waals surface area contributed by atoms with Gasteiger partial charge in [0.2, 0.25) is 0 Å². The Hall–Kier alpha value is -1.85. The van der Waals surface area contributed by atoms with Crippen LogP contribution in [0.1, 0.15) is 11.1 Å². The molecule has 0 bridgehead atoms. The monoisotopic (exact) mass is 280 g/mol. The van der Waals surface area contributed by atoms with Gasteiger partial charge in [-0.2, -0.15) is 0 Å². The third kappa shape index (κ3) is 3.59. The van der Waals surface area contributed by atoms with E-state index in [4.69, 9.17) is 5.84 Å². The molecule has 1 atom stereocenters. The van der Waals surface area contributed by atoms with Gasteiger partial charge in [0.25, 0.3) is 0 Å². The minimum Gasteiger partial charge on any atom is -0.271 e. The number of benzene rings is 2. The molecule has 0 aromatic heterocycles. The van der Waals surface area contributed by atoms with Gasteiger partial charge in [-0.05, 0) is 42.2 Å². The summed E-state index contributed by atoms with van der Waals surface area (Å²) in [5, 5.41) is 0. The zero-order chi connectivity index (χ0) is 14.5. The minimum absolute atomic E-state index is 0.247. The van der Waals surface area contributed by atoms with Crippen molar-refractivity contribution in [3.8, 4) is 0 Å². The van der Waals surface area contributed by atoms with Crippen LogP contribution >= 0.6 is 0 Å². The lowest BCUT2D eigenvalue weighted by Gasteiger charge is -2.16. The van der Waals surface area contributed by atoms with Crippen molar-refractivity contribution in [3.05, 3.63) is 71.0 Å². The first-order valence-corrected chi connectivity index (χ1v) is 6.23. The minimum atomic E-state index is -0.875. The SMILES string of the molecule is NNC(Cc1ccc(F)cc1)Cc1cccc(F)c1F. The van der Waals surface area contributed by atoms with Crippen LogP contribution in [0, 0.1) is 17.5 Å². The summed E-state index contributed by atoms with van der Waals surface area (Å²) in [6.07, 6.45) is 0.740. The first-order valence-electron chi connectivity index (χ1n) is 6.23. The van der Waals surface area contributed by atoms with Gasteiger partial charge >= 0.3 is 0 Å². The number of hydrogen-bond acceptors (Lipinski definition) is 2. The van der Waals surface area contributed by atoms with Crippen LogP contribution in [0.4, 0.5) is 13.2 Å². The van der Waals surface area contributed by atoms with Crippen LogP contribution < -0.4 is 11.3 Å². The highest BCUT2D eigenvalue weighted by atomic mass is 19.2. The largest absolute Gasteiger partial charge is 0.271 e. The molecule has 0 amide bonds. The lowest BCUT2D eigenvalue weighted by Crippen LogP contribution is -2.38. The van der Waals surface area contributed by atoms with E-state index in [0.29, 0.717) is 6.42 Å². The Morgan fingerprint density at radius 2 is 1.65 bits per heavy atom. The average molecular weight is 280 g/mol. The number of nitrogens with two attached hydrogens (primary N) is 1. The van der Waals surface area contributed by atoms with Crippen molar-refractivity contribution in [1.82, 2.24) is 5.43 Å². The van der Waals surface area contributed by atoms with Crippen molar-refractivity contribution >= 4 is 0 Å². The second-order valence-electron chi connectivity index (χ2n) is 4.61. The normalized spacial score (nSPS) is 12.4. The van der Waals surface area contributed by atoms with E-state index in [1.165, 1.54) is 24.3 Å². The molecule has 20 heavy (non-hydrogen) atoms. The van der Waals surface area contributed by atoms with E-state index < -0.39 is 11.6 Å². The van der Waals surface area contributed by atoms with E-state index >= 15 is 0 Å². The van der Waals surface area contributed by atoms with E-state index in [2.05, 4.69) is 5.43 Å². The zero-order valence-electron chi connectivity index (χ0n) is 10.7. The summed E-state index contributed by atoms with van der Waals surface area (Å²) in [5.74, 6) is 3.40. The van der Waals surface area contributed by atoms with Gasteiger partial charge in [0.15, 0.2) is 11.6 Å². The van der Waals surface area contributed by atoms with Gasteiger partial charge in [-0.25, -0.2) is 13.2 Å². The lowest BCUT2D eigenvalue weighted by atomic mass is 9.99. The van der Waals surface area contributed by atoms with Crippen LogP contribution in [0.5, 0.6) is 0 Å². The fourth-order valence-electron chi connectivity index (χ4n) is 2.07. The Bertz CT molecular complexity index is 570. The third-order valence-electron chi connectivity index (χ3n) is 3.13. The van der Waals surface area contributed by atoms with Crippen LogP contribution in [-0.2, 0) is 12.8 Å². The van der Waals surface area contributed by atoms with E-state index in [0.717, 1.165) is 11.6 Å². The molecule has 0 fully saturated rings. The number of hydrazine groups is 1. The van der Waals surface area contributed by atoms with Crippen LogP contribution in [0.3, 0.4) is 0 Å². The predicted molar refractivity (Wildman–Crippen MR) is 71.3 cm³/mol. The maximum absolute atomic E-state index is 13.6. The third-order valence-corrected chi connectivity index (χ3v) is 3.13. The molecular formula is C15H15F3N2. The van der Waals surface area contributed by atoms with Gasteiger partial charge in [0, 0.05) is 6.04 Å². The van der Waals surface area contributed by atoms with Crippen molar-refractivity contribution in [2.45, 2.75) is 18.9 Å². The van der Waals surface area contributed by atoms with Crippen molar-refractivity contribution in [1.29, 1.82) is 0 Å². The van der Waals surface area contributed by atoms with Gasteiger partial charge in [-0.1, -0.05) is 24.3 Å². The van der Waals surface area contributed by atoms with E-state index in [1.807, 2.05) is 0 Å². The van der Waals surface area contributed by atoms with Crippen molar-refractivity contribution in [3.63, 3.8) is 0 Å². The van der Waals surface area contributed by atoms with Gasteiger partial charge in [0.1, 0.15) is 5.82 Å². The Morgan fingerprint density at radius 1 is 0.950 bits per heavy atom. The molecule has 2 nitrogen and oxygen atoms in total. The summed E-state index contributed by atoms with van der Waals surface area (Å²) in [4.78, 5) is 0. The molecule has 5 heteroatoms. The lowest BCUT2D eigenvalue weighted by molar-refractivity contribution is 0.474. The summed E-state index contributed by atoms with van der Waals surface area (Å²) in [6.45, 7) is 0. The molecule has 0 heterocycles. The molecular weight excluding hydrogens is 265 g/mol. The topological polar surface area (TPSA) is 38.0 Å². The van der Waals surface area contributed by atoms with E-state index in [-0.39, 0.29) is 23.8 Å². The molecule has 0 aliphatic carbocycles. The molecule has 0 radical (unpaired) electrons. The molecule has 0 aliphatic rings. The molecule has 2 rings (SSSR count). The molecule has 3 N–H and O–H groups in total. The summed E-state index contributed by atoms with van der Waals surface area (Å²) >= 11 is 0. The van der Waals surface area contributed by atoms with Crippen molar-refractivity contribution in [2.24, 2.45) is 5.84 Å². The number of halogens is 3. The molecule has 0 spiro atoms. The predicted octanol–water partition coefficient (Wildman–Crippen LogP) is 2.72. The molecule has 1 unspecified atom stereocenters. The average Bonchev–Trinajstić information content (AvgIpc) is 2.45. The molecule has 0 saturated carbocycles. The molecule has 106 valence electrons. The van der Waals surface area contributed by atoms with Gasteiger partial charge in [-0.15, -0.1) is 0 Å². The van der Waals surface area contributed by atoms with Crippen LogP contribution in [0.2, 0.25) is 0 Å². The first-order chi connectivity index (χ1) is 9.60. The number of hydrogen-bond donors (Lipinski definition) is 2. The second kappa shape index (κ2) is 6.54. The highest BCUT2D eigenvalue weighted by molar-refractivity contribution is 5.22. The standard InChI is InChI=1S/C15H15F3N2/c16-12-6-4-10(5-7-12)8-13(20-19)9-11-2-1-3-14(17)15(11)18/h1-7,13,20H,8-9,19H2. The maximum atomic E-state index is 13.6. The van der Waals surface area contributed by atoms with Crippen LogP contribution in [0.25, 0.3) is 0 Å². The Labute approximate surface area is 115 Å². The highest BCUT2D eigenvalue weighted by Crippen LogP contribution is 2.15. The highest BCUT2D eigenvalue weighted by Gasteiger charge is 2.14. The fourth-order valence-corrected chi connectivity index (χ4v) is 2.07. The fraction of sp³-hybridized carbons (Fsp3) is 0.200. The number of nitrogens with one attached hydrogen (secondary N) is 1. The smallest absolute Gasteiger partial charge is 0.162 e. The number of rotatable bonds is 5. The van der Waals surface area contributed by atoms with Crippen molar-refractivity contribution in [2.75, 3.05) is 0 Å². The quantitative estimate of drug-likeness (QED) is 0.653. The Morgan fingerprint density at radius 3 is 2.30 bits per heavy atom. The summed E-state index contributed by atoms with van der Waals surface area (Å²) in [6, 6.07) is 9.77. The maximum Gasteiger partial charge on any atom is 0.162 e. The molecule has 2 aromatic carbocycles. The van der Waals surface area contributed by atoms with E-state index in [1.54, 1.807) is 12.1 Å². The summed E-state index contributed by atoms with van der Waals surface area (Å²) in [7, 11) is 0. The van der Waals surface area contributed by atoms with Gasteiger partial charge in [0.05, 0.1) is 0 Å². The zero-order valence-corrected chi connectivity index (χ0v) is 10.7. The van der Waals surface area contributed by atoms with E-state index in [9.17, 15) is 13.2 Å². The molecule has 2 aromatic rings. The Balaban J connectivity index is 2.09. The second-order valence-corrected chi connectivity index (χ2v) is 4.61. The Kier molecular flexibility index (Phi) is 4.76. The van der Waals surface area contributed by atoms with Crippen molar-refractivity contribution < 1.29 is 13.2 Å². The van der Waals surface area contributed by atoms with Gasteiger partial charge in [-0.3, -0.25) is 11.3 Å². The summed E-state index contributed by atoms with van der Waals surface area (Å²) in [5.41, 5.74) is 3.70. The molecule has 0 saturated heterocycles. The molecule has 0 aliphatic heterocycles. The summed E-state index contributed by atoms with van der Waals surface area (Å²) < 4.78 is 39.6. The first kappa shape index (κ1) is 14.6.